The van der Waals surface area contributed by atoms with Crippen LogP contribution >= 0.6 is 15.8 Å². The van der Waals surface area contributed by atoms with E-state index < -0.39 is 0 Å². The molecule has 4 aliphatic carbocycles. The Morgan fingerprint density at radius 1 is 0.333 bits per heavy atom. The summed E-state index contributed by atoms with van der Waals surface area (Å²) in [6, 6.07) is 47.7. The van der Waals surface area contributed by atoms with Crippen molar-refractivity contribution < 1.29 is 0 Å². The summed E-state index contributed by atoms with van der Waals surface area (Å²) in [7, 11) is -0.359. The third-order valence-corrected chi connectivity index (χ3v) is 22.8. The van der Waals surface area contributed by atoms with Crippen LogP contribution in [0.2, 0.25) is 0 Å². The molecule has 10 rings (SSSR count). The minimum Gasteiger partial charge on any atom is -0.0958 e. The first-order valence-electron chi connectivity index (χ1n) is 24.5. The monoisotopic (exact) mass is 826 g/mol. The van der Waals surface area contributed by atoms with Crippen LogP contribution in [-0.2, 0) is 12.3 Å². The number of hydrogen-bond acceptors (Lipinski definition) is 0. The van der Waals surface area contributed by atoms with Gasteiger partial charge >= 0.3 is 0 Å². The summed E-state index contributed by atoms with van der Waals surface area (Å²) in [6.45, 7) is 0. The number of benzene rings is 6. The third-order valence-electron chi connectivity index (χ3n) is 15.6. The first-order valence-corrected chi connectivity index (χ1v) is 27.8. The molecule has 0 bridgehead atoms. The van der Waals surface area contributed by atoms with E-state index in [1.165, 1.54) is 185 Å². The fourth-order valence-electron chi connectivity index (χ4n) is 12.6. The van der Waals surface area contributed by atoms with Crippen molar-refractivity contribution in [3.05, 3.63) is 132 Å². The topological polar surface area (TPSA) is 0 Å². The Labute approximate surface area is 364 Å². The van der Waals surface area contributed by atoms with Crippen LogP contribution in [0.4, 0.5) is 0 Å². The number of rotatable bonds is 11. The lowest BCUT2D eigenvalue weighted by Crippen LogP contribution is -2.22. The molecular formula is C58H68P2. The van der Waals surface area contributed by atoms with E-state index in [0.29, 0.717) is 0 Å². The molecule has 0 aliphatic heterocycles. The van der Waals surface area contributed by atoms with Gasteiger partial charge in [0.1, 0.15) is 0 Å². The molecule has 6 aromatic rings. The second-order valence-corrected chi connectivity index (χ2v) is 24.9. The molecule has 0 amide bonds. The van der Waals surface area contributed by atoms with Gasteiger partial charge in [-0.3, -0.25) is 0 Å². The third kappa shape index (κ3) is 8.69. The highest BCUT2D eigenvalue weighted by molar-refractivity contribution is 7.58. The molecule has 0 atom stereocenters. The summed E-state index contributed by atoms with van der Waals surface area (Å²) in [5.74, 6) is 0. The highest BCUT2D eigenvalue weighted by Gasteiger charge is 2.36. The minimum atomic E-state index is -0.179. The highest BCUT2D eigenvalue weighted by atomic mass is 31.1. The second kappa shape index (κ2) is 19.4. The van der Waals surface area contributed by atoms with E-state index in [4.69, 9.17) is 0 Å². The fraction of sp³-hybridized carbons (Fsp3) is 0.448. The van der Waals surface area contributed by atoms with Crippen LogP contribution in [0.25, 0.3) is 54.9 Å². The van der Waals surface area contributed by atoms with Gasteiger partial charge in [-0.25, -0.2) is 0 Å². The summed E-state index contributed by atoms with van der Waals surface area (Å²) in [5, 5.41) is 5.75. The lowest BCUT2D eigenvalue weighted by atomic mass is 9.82. The Balaban J connectivity index is 1.28. The molecule has 4 fully saturated rings. The highest BCUT2D eigenvalue weighted by Crippen LogP contribution is 2.63. The van der Waals surface area contributed by atoms with Crippen molar-refractivity contribution in [2.45, 2.75) is 163 Å². The van der Waals surface area contributed by atoms with E-state index in [-0.39, 0.29) is 15.8 Å². The number of fused-ring (bicyclic) bond motifs is 2. The molecule has 6 aromatic carbocycles. The van der Waals surface area contributed by atoms with E-state index in [2.05, 4.69) is 121 Å². The Morgan fingerprint density at radius 2 is 0.633 bits per heavy atom. The summed E-state index contributed by atoms with van der Waals surface area (Å²) in [5.41, 5.74) is 16.0. The lowest BCUT2D eigenvalue weighted by Gasteiger charge is -2.40. The van der Waals surface area contributed by atoms with E-state index in [9.17, 15) is 0 Å². The molecule has 4 saturated carbocycles. The first kappa shape index (κ1) is 40.8. The Bertz CT molecular complexity index is 2120. The molecule has 2 heteroatoms. The maximum Gasteiger partial charge on any atom is -0.00542 e. The smallest absolute Gasteiger partial charge is 0.00542 e. The standard InChI is InChI=1S/C58H68P2/c1-7-23-43(24-8-1)53-39-45-27-19-21-37-51(45)57(55(53)41-59(47-29-11-3-12-30-47)48-31-13-4-14-32-48)58-52-38-22-20-28-46(52)40-54(44-25-9-2-10-26-44)56(58)42-60(49-33-15-5-16-34-49)50-35-17-6-18-36-50/h1-2,7-10,19-28,37-40,47-50H,3-6,11-18,29-36,41-42H2. The molecule has 0 N–H and O–H groups in total. The van der Waals surface area contributed by atoms with Crippen LogP contribution in [0.3, 0.4) is 0 Å². The van der Waals surface area contributed by atoms with Gasteiger partial charge in [0.25, 0.3) is 0 Å². The predicted octanol–water partition coefficient (Wildman–Crippen LogP) is 18.3. The fourth-order valence-corrected chi connectivity index (χ4v) is 20.3. The van der Waals surface area contributed by atoms with E-state index in [1.807, 2.05) is 0 Å². The maximum atomic E-state index is 2.62. The van der Waals surface area contributed by atoms with Crippen LogP contribution in [0.15, 0.2) is 121 Å². The quantitative estimate of drug-likeness (QED) is 0.114. The Kier molecular flexibility index (Phi) is 13.2. The molecule has 0 nitrogen and oxygen atoms in total. The van der Waals surface area contributed by atoms with E-state index >= 15 is 0 Å². The predicted molar refractivity (Wildman–Crippen MR) is 267 cm³/mol. The molecule has 0 spiro atoms. The normalized spacial score (nSPS) is 19.2. The maximum absolute atomic E-state index is 2.62. The van der Waals surface area contributed by atoms with Crippen molar-refractivity contribution in [1.82, 2.24) is 0 Å². The largest absolute Gasteiger partial charge is 0.0958 e. The summed E-state index contributed by atoms with van der Waals surface area (Å²) in [4.78, 5) is 0. The van der Waals surface area contributed by atoms with Gasteiger partial charge in [0.05, 0.1) is 0 Å². The molecule has 0 heterocycles. The second-order valence-electron chi connectivity index (χ2n) is 19.2. The summed E-state index contributed by atoms with van der Waals surface area (Å²) < 4.78 is 0. The van der Waals surface area contributed by atoms with Gasteiger partial charge in [0.15, 0.2) is 0 Å². The SMILES string of the molecule is c1ccc(-c2cc3ccccc3c(-c3c(CP(C4CCCCC4)C4CCCCC4)c(-c4ccccc4)cc4ccccc34)c2CP(C2CCCCC2)C2CCCCC2)cc1. The average Bonchev–Trinajstić information content (AvgIpc) is 3.33. The zero-order valence-electron chi connectivity index (χ0n) is 36.3. The van der Waals surface area contributed by atoms with Crippen molar-refractivity contribution in [3.8, 4) is 33.4 Å². The zero-order chi connectivity index (χ0) is 40.1. The van der Waals surface area contributed by atoms with Gasteiger partial charge in [0, 0.05) is 0 Å². The van der Waals surface area contributed by atoms with Crippen LogP contribution in [0, 0.1) is 0 Å². The molecule has 0 radical (unpaired) electrons. The molecule has 0 aromatic heterocycles. The molecule has 60 heavy (non-hydrogen) atoms. The summed E-state index contributed by atoms with van der Waals surface area (Å²) >= 11 is 0. The van der Waals surface area contributed by atoms with Crippen LogP contribution in [0.1, 0.15) is 140 Å². The summed E-state index contributed by atoms with van der Waals surface area (Å²) in [6.07, 6.45) is 31.4. The van der Waals surface area contributed by atoms with Crippen molar-refractivity contribution in [2.75, 3.05) is 0 Å². The lowest BCUT2D eigenvalue weighted by molar-refractivity contribution is 0.484. The Morgan fingerprint density at radius 3 is 0.967 bits per heavy atom. The van der Waals surface area contributed by atoms with E-state index in [1.54, 1.807) is 22.3 Å². The van der Waals surface area contributed by atoms with Crippen molar-refractivity contribution in [3.63, 3.8) is 0 Å². The van der Waals surface area contributed by atoms with Crippen LogP contribution in [0.5, 0.6) is 0 Å². The van der Waals surface area contributed by atoms with Crippen LogP contribution in [-0.4, -0.2) is 22.6 Å². The van der Waals surface area contributed by atoms with Crippen molar-refractivity contribution in [2.24, 2.45) is 0 Å². The molecule has 310 valence electrons. The minimum absolute atomic E-state index is 0.179. The van der Waals surface area contributed by atoms with Gasteiger partial charge in [-0.1, -0.05) is 202 Å². The van der Waals surface area contributed by atoms with Crippen molar-refractivity contribution >= 4 is 37.4 Å². The van der Waals surface area contributed by atoms with Gasteiger partial charge in [-0.05, 0) is 165 Å². The van der Waals surface area contributed by atoms with E-state index in [0.717, 1.165) is 22.6 Å². The van der Waals surface area contributed by atoms with Gasteiger partial charge in [0.2, 0.25) is 0 Å². The molecular weight excluding hydrogens is 759 g/mol. The van der Waals surface area contributed by atoms with Crippen LogP contribution < -0.4 is 0 Å². The van der Waals surface area contributed by atoms with Gasteiger partial charge in [-0.2, -0.15) is 0 Å². The first-order chi connectivity index (χ1) is 29.8. The molecule has 0 unspecified atom stereocenters. The Hall–Kier alpha value is -3.30. The van der Waals surface area contributed by atoms with Gasteiger partial charge < -0.3 is 0 Å². The average molecular weight is 827 g/mol. The zero-order valence-corrected chi connectivity index (χ0v) is 38.1. The van der Waals surface area contributed by atoms with Gasteiger partial charge in [-0.15, -0.1) is 0 Å². The van der Waals surface area contributed by atoms with Crippen molar-refractivity contribution in [1.29, 1.82) is 0 Å². The number of hydrogen-bond donors (Lipinski definition) is 0. The molecule has 4 aliphatic rings. The molecule has 0 saturated heterocycles.